The summed E-state index contributed by atoms with van der Waals surface area (Å²) in [5.41, 5.74) is 3.72. The van der Waals surface area contributed by atoms with E-state index in [4.69, 9.17) is 0 Å². The minimum absolute atomic E-state index is 0.758. The second-order valence-corrected chi connectivity index (χ2v) is 5.36. The van der Waals surface area contributed by atoms with E-state index in [0.717, 1.165) is 19.5 Å². The minimum atomic E-state index is 0.758. The Hall–Kier alpha value is -2.14. The number of fused-ring (bicyclic) bond motifs is 1. The maximum Gasteiger partial charge on any atom is 0.137 e. The van der Waals surface area contributed by atoms with Crippen LogP contribution < -0.4 is 0 Å². The van der Waals surface area contributed by atoms with Gasteiger partial charge in [0.25, 0.3) is 0 Å². The summed E-state index contributed by atoms with van der Waals surface area (Å²) in [4.78, 5) is 9.64. The quantitative estimate of drug-likeness (QED) is 0.770. The molecule has 3 aromatic rings. The van der Waals surface area contributed by atoms with Crippen LogP contribution in [0, 0.1) is 0 Å². The topological polar surface area (TPSA) is 49.7 Å². The molecule has 20 heavy (non-hydrogen) atoms. The Morgan fingerprint density at radius 2 is 2.15 bits per heavy atom. The third-order valence-corrected chi connectivity index (χ3v) is 3.38. The van der Waals surface area contributed by atoms with Gasteiger partial charge in [0, 0.05) is 24.2 Å². The van der Waals surface area contributed by atoms with Crippen LogP contribution >= 0.6 is 0 Å². The summed E-state index contributed by atoms with van der Waals surface area (Å²) in [6.07, 6.45) is 4.35. The molecule has 0 aliphatic carbocycles. The normalized spacial score (nSPS) is 11.6. The maximum absolute atomic E-state index is 4.14. The SMILES string of the molecule is CN(C)CCc1cc2cc(Cn3cncn3)ccc2[nH]1. The molecule has 1 aromatic carbocycles. The van der Waals surface area contributed by atoms with E-state index in [1.54, 1.807) is 12.7 Å². The van der Waals surface area contributed by atoms with Crippen LogP contribution in [-0.4, -0.2) is 45.3 Å². The number of aromatic amines is 1. The fourth-order valence-corrected chi connectivity index (χ4v) is 2.32. The summed E-state index contributed by atoms with van der Waals surface area (Å²) >= 11 is 0. The molecule has 0 radical (unpaired) electrons. The van der Waals surface area contributed by atoms with Crippen molar-refractivity contribution in [2.75, 3.05) is 20.6 Å². The molecule has 1 N–H and O–H groups in total. The van der Waals surface area contributed by atoms with Crippen LogP contribution in [-0.2, 0) is 13.0 Å². The monoisotopic (exact) mass is 269 g/mol. The van der Waals surface area contributed by atoms with E-state index >= 15 is 0 Å². The summed E-state index contributed by atoms with van der Waals surface area (Å²) in [5.74, 6) is 0. The highest BCUT2D eigenvalue weighted by atomic mass is 15.3. The summed E-state index contributed by atoms with van der Waals surface area (Å²) in [5, 5.41) is 5.40. The third-order valence-electron chi connectivity index (χ3n) is 3.38. The van der Waals surface area contributed by atoms with Crippen molar-refractivity contribution in [2.24, 2.45) is 0 Å². The van der Waals surface area contributed by atoms with Crippen LogP contribution in [0.15, 0.2) is 36.9 Å². The van der Waals surface area contributed by atoms with Crippen molar-refractivity contribution in [1.29, 1.82) is 0 Å². The summed E-state index contributed by atoms with van der Waals surface area (Å²) in [6.45, 7) is 1.81. The van der Waals surface area contributed by atoms with Gasteiger partial charge in [0.1, 0.15) is 12.7 Å². The highest BCUT2D eigenvalue weighted by Crippen LogP contribution is 2.18. The Balaban J connectivity index is 1.80. The first-order valence-corrected chi connectivity index (χ1v) is 6.78. The molecule has 0 atom stereocenters. The van der Waals surface area contributed by atoms with Crippen LogP contribution in [0.1, 0.15) is 11.3 Å². The molecule has 0 saturated carbocycles. The van der Waals surface area contributed by atoms with Gasteiger partial charge in [0.05, 0.1) is 6.54 Å². The molecule has 2 aromatic heterocycles. The number of nitrogens with one attached hydrogen (secondary N) is 1. The molecular formula is C15H19N5. The van der Waals surface area contributed by atoms with Crippen molar-refractivity contribution in [3.8, 4) is 0 Å². The summed E-state index contributed by atoms with van der Waals surface area (Å²) in [7, 11) is 4.19. The van der Waals surface area contributed by atoms with E-state index in [1.807, 2.05) is 4.68 Å². The predicted molar refractivity (Wildman–Crippen MR) is 79.7 cm³/mol. The van der Waals surface area contributed by atoms with E-state index in [-0.39, 0.29) is 0 Å². The maximum atomic E-state index is 4.14. The molecule has 0 fully saturated rings. The first kappa shape index (κ1) is 12.9. The summed E-state index contributed by atoms with van der Waals surface area (Å²) < 4.78 is 1.83. The Bertz CT molecular complexity index is 681. The molecule has 5 nitrogen and oxygen atoms in total. The number of H-pyrrole nitrogens is 1. The molecule has 0 aliphatic rings. The van der Waals surface area contributed by atoms with Gasteiger partial charge >= 0.3 is 0 Å². The van der Waals surface area contributed by atoms with Crippen LogP contribution in [0.3, 0.4) is 0 Å². The first-order valence-electron chi connectivity index (χ1n) is 6.78. The molecule has 0 bridgehead atoms. The number of hydrogen-bond donors (Lipinski definition) is 1. The van der Waals surface area contributed by atoms with Crippen molar-refractivity contribution in [3.63, 3.8) is 0 Å². The average Bonchev–Trinajstić information content (AvgIpc) is 3.04. The molecule has 2 heterocycles. The molecule has 0 saturated heterocycles. The predicted octanol–water partition coefficient (Wildman–Crippen LogP) is 1.91. The Labute approximate surface area is 118 Å². The minimum Gasteiger partial charge on any atom is -0.358 e. The standard InChI is InChI=1S/C15H19N5/c1-19(2)6-5-14-8-13-7-12(3-4-15(13)18-14)9-20-11-16-10-17-20/h3-4,7-8,10-11,18H,5-6,9H2,1-2H3. The fraction of sp³-hybridized carbons (Fsp3) is 0.333. The van der Waals surface area contributed by atoms with Gasteiger partial charge in [-0.1, -0.05) is 6.07 Å². The van der Waals surface area contributed by atoms with Gasteiger partial charge in [0.15, 0.2) is 0 Å². The summed E-state index contributed by atoms with van der Waals surface area (Å²) in [6, 6.07) is 8.73. The van der Waals surface area contributed by atoms with Crippen LogP contribution in [0.4, 0.5) is 0 Å². The number of hydrogen-bond acceptors (Lipinski definition) is 3. The van der Waals surface area contributed by atoms with Gasteiger partial charge in [-0.3, -0.25) is 0 Å². The number of likely N-dealkylation sites (N-methyl/N-ethyl adjacent to an activating group) is 1. The molecule has 0 aliphatic heterocycles. The lowest BCUT2D eigenvalue weighted by Gasteiger charge is -2.07. The van der Waals surface area contributed by atoms with E-state index in [0.29, 0.717) is 0 Å². The fourth-order valence-electron chi connectivity index (χ4n) is 2.32. The molecule has 5 heteroatoms. The zero-order chi connectivity index (χ0) is 13.9. The Morgan fingerprint density at radius 1 is 1.25 bits per heavy atom. The number of rotatable bonds is 5. The van der Waals surface area contributed by atoms with Gasteiger partial charge in [-0.25, -0.2) is 9.67 Å². The average molecular weight is 269 g/mol. The number of aromatic nitrogens is 4. The van der Waals surface area contributed by atoms with Crippen molar-refractivity contribution in [2.45, 2.75) is 13.0 Å². The van der Waals surface area contributed by atoms with Gasteiger partial charge in [-0.2, -0.15) is 5.10 Å². The zero-order valence-electron chi connectivity index (χ0n) is 11.9. The van der Waals surface area contributed by atoms with E-state index in [9.17, 15) is 0 Å². The largest absolute Gasteiger partial charge is 0.358 e. The lowest BCUT2D eigenvalue weighted by atomic mass is 10.1. The van der Waals surface area contributed by atoms with Gasteiger partial charge in [0.2, 0.25) is 0 Å². The van der Waals surface area contributed by atoms with E-state index < -0.39 is 0 Å². The molecule has 0 unspecified atom stereocenters. The first-order chi connectivity index (χ1) is 9.70. The van der Waals surface area contributed by atoms with Crippen LogP contribution in [0.5, 0.6) is 0 Å². The second kappa shape index (κ2) is 5.46. The lowest BCUT2D eigenvalue weighted by molar-refractivity contribution is 0.412. The third kappa shape index (κ3) is 2.88. The number of nitrogens with zero attached hydrogens (tertiary/aromatic N) is 4. The van der Waals surface area contributed by atoms with Crippen molar-refractivity contribution < 1.29 is 0 Å². The molecule has 0 amide bonds. The van der Waals surface area contributed by atoms with Gasteiger partial charge in [-0.05, 0) is 43.2 Å². The van der Waals surface area contributed by atoms with E-state index in [2.05, 4.69) is 58.3 Å². The van der Waals surface area contributed by atoms with Crippen molar-refractivity contribution >= 4 is 10.9 Å². The van der Waals surface area contributed by atoms with Gasteiger partial charge < -0.3 is 9.88 Å². The smallest absolute Gasteiger partial charge is 0.137 e. The molecular weight excluding hydrogens is 250 g/mol. The molecule has 3 rings (SSSR count). The van der Waals surface area contributed by atoms with Crippen LogP contribution in [0.2, 0.25) is 0 Å². The van der Waals surface area contributed by atoms with E-state index in [1.165, 1.54) is 22.2 Å². The van der Waals surface area contributed by atoms with Crippen LogP contribution in [0.25, 0.3) is 10.9 Å². The lowest BCUT2D eigenvalue weighted by Crippen LogP contribution is -2.15. The Kier molecular flexibility index (Phi) is 3.52. The molecule has 104 valence electrons. The highest BCUT2D eigenvalue weighted by molar-refractivity contribution is 5.81. The molecule has 0 spiro atoms. The Morgan fingerprint density at radius 3 is 2.90 bits per heavy atom. The number of benzene rings is 1. The van der Waals surface area contributed by atoms with Crippen molar-refractivity contribution in [1.82, 2.24) is 24.6 Å². The zero-order valence-corrected chi connectivity index (χ0v) is 11.9. The second-order valence-electron chi connectivity index (χ2n) is 5.36. The van der Waals surface area contributed by atoms with Crippen molar-refractivity contribution in [3.05, 3.63) is 48.2 Å². The highest BCUT2D eigenvalue weighted by Gasteiger charge is 2.03. The van der Waals surface area contributed by atoms with Gasteiger partial charge in [-0.15, -0.1) is 0 Å².